The molecular formula is C20H19N7OS. The van der Waals surface area contributed by atoms with Crippen LogP contribution in [0.3, 0.4) is 0 Å². The fourth-order valence-corrected chi connectivity index (χ4v) is 3.73. The number of thioether (sulfide) groups is 1. The van der Waals surface area contributed by atoms with E-state index in [-0.39, 0.29) is 16.8 Å². The van der Waals surface area contributed by atoms with Crippen molar-refractivity contribution >= 4 is 40.2 Å². The van der Waals surface area contributed by atoms with Gasteiger partial charge in [0.1, 0.15) is 5.82 Å². The molecule has 1 atom stereocenters. The number of rotatable bonds is 5. The van der Waals surface area contributed by atoms with E-state index < -0.39 is 0 Å². The lowest BCUT2D eigenvalue weighted by atomic mass is 10.2. The molecule has 4 rings (SSSR count). The van der Waals surface area contributed by atoms with Gasteiger partial charge in [0.2, 0.25) is 11.9 Å². The first-order valence-electron chi connectivity index (χ1n) is 8.97. The van der Waals surface area contributed by atoms with Crippen molar-refractivity contribution in [3.63, 3.8) is 0 Å². The zero-order valence-corrected chi connectivity index (χ0v) is 16.7. The highest BCUT2D eigenvalue weighted by Crippen LogP contribution is 2.32. The van der Waals surface area contributed by atoms with E-state index in [1.165, 1.54) is 16.3 Å². The van der Waals surface area contributed by atoms with Crippen LogP contribution in [0.25, 0.3) is 10.9 Å². The minimum absolute atomic E-state index is 0.0908. The van der Waals surface area contributed by atoms with Crippen LogP contribution in [0.1, 0.15) is 18.0 Å². The molecule has 4 aromatic rings. The molecule has 0 bridgehead atoms. The van der Waals surface area contributed by atoms with Gasteiger partial charge in [-0.2, -0.15) is 15.0 Å². The van der Waals surface area contributed by atoms with E-state index in [1.54, 1.807) is 13.1 Å². The van der Waals surface area contributed by atoms with E-state index in [0.717, 1.165) is 5.69 Å². The molecule has 29 heavy (non-hydrogen) atoms. The van der Waals surface area contributed by atoms with Gasteiger partial charge >= 0.3 is 0 Å². The van der Waals surface area contributed by atoms with Crippen molar-refractivity contribution in [1.82, 2.24) is 24.5 Å². The largest absolute Gasteiger partial charge is 0.368 e. The van der Waals surface area contributed by atoms with Crippen LogP contribution in [-0.4, -0.2) is 24.5 Å². The monoisotopic (exact) mass is 405 g/mol. The SMILES string of the molecule is CC(Sc1nc2ccccc2c(=O)n1C)c1nc(N)nc(Nc2ccccc2)n1. The minimum Gasteiger partial charge on any atom is -0.368 e. The zero-order valence-electron chi connectivity index (χ0n) is 15.9. The minimum atomic E-state index is -0.198. The van der Waals surface area contributed by atoms with E-state index in [1.807, 2.05) is 55.5 Å². The second-order valence-electron chi connectivity index (χ2n) is 6.40. The summed E-state index contributed by atoms with van der Waals surface area (Å²) in [4.78, 5) is 30.1. The summed E-state index contributed by atoms with van der Waals surface area (Å²) in [6.45, 7) is 1.94. The third-order valence-electron chi connectivity index (χ3n) is 4.29. The fourth-order valence-electron chi connectivity index (χ4n) is 2.81. The molecule has 0 saturated heterocycles. The maximum atomic E-state index is 12.6. The summed E-state index contributed by atoms with van der Waals surface area (Å²) in [6, 6.07) is 16.9. The molecule has 0 fully saturated rings. The Morgan fingerprint density at radius 3 is 2.52 bits per heavy atom. The molecule has 2 aromatic carbocycles. The summed E-state index contributed by atoms with van der Waals surface area (Å²) in [5.74, 6) is 0.996. The van der Waals surface area contributed by atoms with Crippen LogP contribution in [0.15, 0.2) is 64.5 Å². The molecule has 8 nitrogen and oxygen atoms in total. The Balaban J connectivity index is 1.63. The maximum Gasteiger partial charge on any atom is 0.261 e. The molecule has 0 spiro atoms. The van der Waals surface area contributed by atoms with Gasteiger partial charge in [0.05, 0.1) is 16.2 Å². The lowest BCUT2D eigenvalue weighted by Crippen LogP contribution is -2.20. The number of benzene rings is 2. The molecule has 0 aliphatic carbocycles. The smallest absolute Gasteiger partial charge is 0.261 e. The van der Waals surface area contributed by atoms with Crippen molar-refractivity contribution in [1.29, 1.82) is 0 Å². The molecular weight excluding hydrogens is 386 g/mol. The average Bonchev–Trinajstić information content (AvgIpc) is 2.72. The predicted octanol–water partition coefficient (Wildman–Crippen LogP) is 3.30. The molecule has 2 aromatic heterocycles. The Morgan fingerprint density at radius 1 is 1.00 bits per heavy atom. The van der Waals surface area contributed by atoms with Gasteiger partial charge in [-0.15, -0.1) is 0 Å². The van der Waals surface area contributed by atoms with Gasteiger partial charge in [0, 0.05) is 12.7 Å². The molecule has 0 aliphatic heterocycles. The maximum absolute atomic E-state index is 12.6. The Hall–Kier alpha value is -3.46. The van der Waals surface area contributed by atoms with Crippen LogP contribution in [-0.2, 0) is 7.05 Å². The van der Waals surface area contributed by atoms with Crippen molar-refractivity contribution in [2.45, 2.75) is 17.3 Å². The third-order valence-corrected chi connectivity index (χ3v) is 5.43. The number of para-hydroxylation sites is 2. The highest BCUT2D eigenvalue weighted by Gasteiger charge is 2.17. The van der Waals surface area contributed by atoms with Crippen LogP contribution in [0.4, 0.5) is 17.6 Å². The highest BCUT2D eigenvalue weighted by molar-refractivity contribution is 7.99. The van der Waals surface area contributed by atoms with Gasteiger partial charge in [-0.25, -0.2) is 4.98 Å². The number of hydrogen-bond donors (Lipinski definition) is 2. The number of aromatic nitrogens is 5. The number of hydrogen-bond acceptors (Lipinski definition) is 8. The van der Waals surface area contributed by atoms with E-state index >= 15 is 0 Å². The zero-order chi connectivity index (χ0) is 20.4. The number of nitrogens with zero attached hydrogens (tertiary/aromatic N) is 5. The standard InChI is InChI=1S/C20H19N7OS/c1-12(29-20-23-15-11-7-6-10-14(15)17(28)27(20)2)16-24-18(21)26-19(25-16)22-13-8-4-3-5-9-13/h3-12H,1-2H3,(H3,21,22,24,25,26). The van der Waals surface area contributed by atoms with Crippen molar-refractivity contribution in [3.8, 4) is 0 Å². The molecule has 0 saturated carbocycles. The van der Waals surface area contributed by atoms with Crippen LogP contribution < -0.4 is 16.6 Å². The Kier molecular flexibility index (Phi) is 5.13. The van der Waals surface area contributed by atoms with Crippen molar-refractivity contribution in [2.24, 2.45) is 7.05 Å². The number of anilines is 3. The Labute approximate surface area is 171 Å². The molecule has 1 unspecified atom stereocenters. The van der Waals surface area contributed by atoms with Gasteiger partial charge in [-0.05, 0) is 31.2 Å². The second kappa shape index (κ2) is 7.88. The summed E-state index contributed by atoms with van der Waals surface area (Å²) in [5.41, 5.74) is 7.31. The molecule has 9 heteroatoms. The first-order chi connectivity index (χ1) is 14.0. The van der Waals surface area contributed by atoms with Crippen LogP contribution in [0, 0.1) is 0 Å². The fraction of sp³-hybridized carbons (Fsp3) is 0.150. The molecule has 3 N–H and O–H groups in total. The summed E-state index contributed by atoms with van der Waals surface area (Å²) in [7, 11) is 1.71. The Morgan fingerprint density at radius 2 is 1.72 bits per heavy atom. The van der Waals surface area contributed by atoms with Crippen molar-refractivity contribution in [3.05, 3.63) is 70.8 Å². The summed E-state index contributed by atoms with van der Waals surface area (Å²) in [5, 5.41) is 4.10. The number of nitrogens with one attached hydrogen (secondary N) is 1. The first-order valence-corrected chi connectivity index (χ1v) is 9.85. The lowest BCUT2D eigenvalue weighted by Gasteiger charge is -2.14. The molecule has 146 valence electrons. The van der Waals surface area contributed by atoms with Gasteiger partial charge in [-0.3, -0.25) is 9.36 Å². The summed E-state index contributed by atoms with van der Waals surface area (Å²) in [6.07, 6.45) is 0. The van der Waals surface area contributed by atoms with E-state index in [2.05, 4.69) is 25.3 Å². The van der Waals surface area contributed by atoms with Gasteiger partial charge in [0.25, 0.3) is 5.56 Å². The van der Waals surface area contributed by atoms with Gasteiger partial charge in [-0.1, -0.05) is 42.1 Å². The quantitative estimate of drug-likeness (QED) is 0.384. The van der Waals surface area contributed by atoms with Gasteiger partial charge in [0.15, 0.2) is 5.16 Å². The van der Waals surface area contributed by atoms with Crippen LogP contribution in [0.2, 0.25) is 0 Å². The van der Waals surface area contributed by atoms with E-state index in [0.29, 0.717) is 27.8 Å². The summed E-state index contributed by atoms with van der Waals surface area (Å²) < 4.78 is 1.54. The van der Waals surface area contributed by atoms with Crippen molar-refractivity contribution in [2.75, 3.05) is 11.1 Å². The molecule has 0 radical (unpaired) electrons. The van der Waals surface area contributed by atoms with E-state index in [4.69, 9.17) is 5.73 Å². The number of fused-ring (bicyclic) bond motifs is 1. The van der Waals surface area contributed by atoms with Crippen molar-refractivity contribution < 1.29 is 0 Å². The lowest BCUT2D eigenvalue weighted by molar-refractivity contribution is 0.722. The summed E-state index contributed by atoms with van der Waals surface area (Å²) >= 11 is 1.39. The van der Waals surface area contributed by atoms with E-state index in [9.17, 15) is 4.79 Å². The highest BCUT2D eigenvalue weighted by atomic mass is 32.2. The average molecular weight is 405 g/mol. The first kappa shape index (κ1) is 18.9. The van der Waals surface area contributed by atoms with Gasteiger partial charge < -0.3 is 11.1 Å². The number of nitrogens with two attached hydrogens (primary N) is 1. The molecule has 0 amide bonds. The topological polar surface area (TPSA) is 112 Å². The molecule has 0 aliphatic rings. The van der Waals surface area contributed by atoms with Crippen LogP contribution >= 0.6 is 11.8 Å². The third kappa shape index (κ3) is 4.04. The number of nitrogen functional groups attached to an aromatic ring is 1. The molecule has 2 heterocycles. The predicted molar refractivity (Wildman–Crippen MR) is 115 cm³/mol. The second-order valence-corrected chi connectivity index (χ2v) is 7.71. The Bertz CT molecular complexity index is 1230. The van der Waals surface area contributed by atoms with Crippen LogP contribution in [0.5, 0.6) is 0 Å². The normalized spacial score (nSPS) is 12.1.